The fourth-order valence-corrected chi connectivity index (χ4v) is 3.11. The molecule has 3 aromatic rings. The van der Waals surface area contributed by atoms with Gasteiger partial charge in [-0.15, -0.1) is 0 Å². The molecule has 0 saturated carbocycles. The first-order valence-electron chi connectivity index (χ1n) is 8.09. The second-order valence-electron chi connectivity index (χ2n) is 5.90. The molecule has 0 radical (unpaired) electrons. The van der Waals surface area contributed by atoms with Gasteiger partial charge in [-0.1, -0.05) is 29.8 Å². The molecule has 25 heavy (non-hydrogen) atoms. The number of anilines is 3. The number of nitrogens with one attached hydrogen (secondary N) is 1. The lowest BCUT2D eigenvalue weighted by Crippen LogP contribution is -2.29. The first kappa shape index (κ1) is 15.7. The number of hydrogen-bond donors (Lipinski definition) is 1. The fourth-order valence-electron chi connectivity index (χ4n) is 2.98. The van der Waals surface area contributed by atoms with Crippen LogP contribution in [0.3, 0.4) is 0 Å². The van der Waals surface area contributed by atoms with Crippen molar-refractivity contribution in [1.82, 2.24) is 4.98 Å². The predicted octanol–water partition coefficient (Wildman–Crippen LogP) is 4.68. The van der Waals surface area contributed by atoms with Gasteiger partial charge in [0.2, 0.25) is 0 Å². The molecule has 1 N–H and O–H groups in total. The number of carbonyl (C=O) groups is 1. The van der Waals surface area contributed by atoms with Crippen molar-refractivity contribution in [3.8, 4) is 0 Å². The largest absolute Gasteiger partial charge is 0.354 e. The number of aromatic nitrogens is 1. The Bertz CT molecular complexity index is 907. The smallest absolute Gasteiger partial charge is 0.276 e. The third-order valence-electron chi connectivity index (χ3n) is 4.25. The van der Waals surface area contributed by atoms with Crippen molar-refractivity contribution in [3.63, 3.8) is 0 Å². The van der Waals surface area contributed by atoms with Gasteiger partial charge in [-0.25, -0.2) is 4.98 Å². The van der Waals surface area contributed by atoms with Crippen molar-refractivity contribution in [1.29, 1.82) is 0 Å². The second kappa shape index (κ2) is 6.57. The zero-order valence-electron chi connectivity index (χ0n) is 13.4. The molecule has 1 aliphatic rings. The van der Waals surface area contributed by atoms with Crippen molar-refractivity contribution in [3.05, 3.63) is 83.1 Å². The summed E-state index contributed by atoms with van der Waals surface area (Å²) < 4.78 is 0. The lowest BCUT2D eigenvalue weighted by atomic mass is 10.2. The van der Waals surface area contributed by atoms with Crippen molar-refractivity contribution < 1.29 is 4.79 Å². The number of rotatable bonds is 3. The van der Waals surface area contributed by atoms with Crippen LogP contribution in [0.4, 0.5) is 17.1 Å². The maximum atomic E-state index is 12.7. The van der Waals surface area contributed by atoms with Crippen LogP contribution in [0.15, 0.2) is 66.9 Å². The standard InChI is InChI=1S/C20H16ClN3O/c21-15-5-7-16(8-6-15)23-17-9-10-18(22-13-17)20(25)24-12-11-14-3-1-2-4-19(14)24/h1-10,13,23H,11-12H2. The number of amides is 1. The summed E-state index contributed by atoms with van der Waals surface area (Å²) in [5, 5.41) is 3.93. The van der Waals surface area contributed by atoms with Gasteiger partial charge in [0.25, 0.3) is 5.91 Å². The molecule has 2 aromatic carbocycles. The normalized spacial score (nSPS) is 12.8. The van der Waals surface area contributed by atoms with E-state index in [-0.39, 0.29) is 5.91 Å². The van der Waals surface area contributed by atoms with Crippen LogP contribution in [0.1, 0.15) is 16.1 Å². The van der Waals surface area contributed by atoms with Crippen LogP contribution in [0.25, 0.3) is 0 Å². The second-order valence-corrected chi connectivity index (χ2v) is 6.34. The first-order valence-corrected chi connectivity index (χ1v) is 8.47. The molecule has 1 aromatic heterocycles. The molecule has 5 heteroatoms. The van der Waals surface area contributed by atoms with Gasteiger partial charge in [-0.3, -0.25) is 4.79 Å². The minimum Gasteiger partial charge on any atom is -0.354 e. The fraction of sp³-hybridized carbons (Fsp3) is 0.100. The predicted molar refractivity (Wildman–Crippen MR) is 101 cm³/mol. The molecule has 0 aliphatic carbocycles. The average Bonchev–Trinajstić information content (AvgIpc) is 3.08. The summed E-state index contributed by atoms with van der Waals surface area (Å²) in [4.78, 5) is 18.9. The SMILES string of the molecule is O=C(c1ccc(Nc2ccc(Cl)cc2)cn1)N1CCc2ccccc21. The third-order valence-corrected chi connectivity index (χ3v) is 4.50. The van der Waals surface area contributed by atoms with Gasteiger partial charge in [-0.2, -0.15) is 0 Å². The highest BCUT2D eigenvalue weighted by Gasteiger charge is 2.25. The molecule has 0 unspecified atom stereocenters. The van der Waals surface area contributed by atoms with Crippen molar-refractivity contribution >= 4 is 34.6 Å². The van der Waals surface area contributed by atoms with Crippen molar-refractivity contribution in [2.45, 2.75) is 6.42 Å². The van der Waals surface area contributed by atoms with Crippen LogP contribution in [-0.4, -0.2) is 17.4 Å². The Balaban J connectivity index is 1.50. The van der Waals surface area contributed by atoms with E-state index in [1.54, 1.807) is 17.2 Å². The van der Waals surface area contributed by atoms with Gasteiger partial charge >= 0.3 is 0 Å². The third kappa shape index (κ3) is 3.21. The van der Waals surface area contributed by atoms with Crippen LogP contribution < -0.4 is 10.2 Å². The van der Waals surface area contributed by atoms with Crippen LogP contribution in [-0.2, 0) is 6.42 Å². The van der Waals surface area contributed by atoms with Crippen LogP contribution >= 0.6 is 11.6 Å². The van der Waals surface area contributed by atoms with Crippen LogP contribution in [0.5, 0.6) is 0 Å². The van der Waals surface area contributed by atoms with E-state index in [4.69, 9.17) is 11.6 Å². The van der Waals surface area contributed by atoms with Crippen LogP contribution in [0.2, 0.25) is 5.02 Å². The molecule has 4 nitrogen and oxygen atoms in total. The summed E-state index contributed by atoms with van der Waals surface area (Å²) >= 11 is 5.89. The number of benzene rings is 2. The highest BCUT2D eigenvalue weighted by molar-refractivity contribution is 6.30. The Labute approximate surface area is 151 Å². The van der Waals surface area contributed by atoms with E-state index in [0.29, 0.717) is 17.3 Å². The Kier molecular flexibility index (Phi) is 4.12. The zero-order chi connectivity index (χ0) is 17.2. The molecular formula is C20H16ClN3O. The summed E-state index contributed by atoms with van der Waals surface area (Å²) in [6.45, 7) is 0.699. The number of fused-ring (bicyclic) bond motifs is 1. The lowest BCUT2D eigenvalue weighted by Gasteiger charge is -2.17. The topological polar surface area (TPSA) is 45.2 Å². The molecule has 0 spiro atoms. The van der Waals surface area contributed by atoms with E-state index in [9.17, 15) is 4.79 Å². The minimum atomic E-state index is -0.0667. The van der Waals surface area contributed by atoms with Gasteiger partial charge in [0, 0.05) is 22.9 Å². The van der Waals surface area contributed by atoms with E-state index in [1.807, 2.05) is 48.5 Å². The summed E-state index contributed by atoms with van der Waals surface area (Å²) in [5.41, 5.74) is 4.37. The molecule has 0 fully saturated rings. The molecular weight excluding hydrogens is 334 g/mol. The number of para-hydroxylation sites is 1. The van der Waals surface area contributed by atoms with Crippen LogP contribution in [0, 0.1) is 0 Å². The average molecular weight is 350 g/mol. The van der Waals surface area contributed by atoms with E-state index < -0.39 is 0 Å². The molecule has 2 heterocycles. The Morgan fingerprint density at radius 2 is 1.76 bits per heavy atom. The molecule has 0 saturated heterocycles. The number of pyridine rings is 1. The maximum absolute atomic E-state index is 12.7. The Hall–Kier alpha value is -2.85. The summed E-state index contributed by atoms with van der Waals surface area (Å²) in [7, 11) is 0. The van der Waals surface area contributed by atoms with Crippen molar-refractivity contribution in [2.75, 3.05) is 16.8 Å². The van der Waals surface area contributed by atoms with E-state index >= 15 is 0 Å². The van der Waals surface area contributed by atoms with Gasteiger partial charge in [0.1, 0.15) is 5.69 Å². The highest BCUT2D eigenvalue weighted by Crippen LogP contribution is 2.28. The molecule has 0 bridgehead atoms. The molecule has 1 aliphatic heterocycles. The summed E-state index contributed by atoms with van der Waals surface area (Å²) in [5.74, 6) is -0.0667. The molecule has 1 amide bonds. The summed E-state index contributed by atoms with van der Waals surface area (Å²) in [6.07, 6.45) is 2.56. The number of hydrogen-bond acceptors (Lipinski definition) is 3. The molecule has 0 atom stereocenters. The number of halogens is 1. The van der Waals surface area contributed by atoms with Gasteiger partial charge in [-0.05, 0) is 54.4 Å². The van der Waals surface area contributed by atoms with E-state index in [2.05, 4.69) is 16.4 Å². The van der Waals surface area contributed by atoms with Gasteiger partial charge in [0.05, 0.1) is 11.9 Å². The summed E-state index contributed by atoms with van der Waals surface area (Å²) in [6, 6.07) is 19.0. The van der Waals surface area contributed by atoms with Gasteiger partial charge < -0.3 is 10.2 Å². The first-order chi connectivity index (χ1) is 12.2. The molecule has 4 rings (SSSR count). The van der Waals surface area contributed by atoms with Gasteiger partial charge in [0.15, 0.2) is 0 Å². The lowest BCUT2D eigenvalue weighted by molar-refractivity contribution is 0.0984. The van der Waals surface area contributed by atoms with Crippen molar-refractivity contribution in [2.24, 2.45) is 0 Å². The number of nitrogens with zero attached hydrogens (tertiary/aromatic N) is 2. The van der Waals surface area contributed by atoms with E-state index in [1.165, 1.54) is 5.56 Å². The zero-order valence-corrected chi connectivity index (χ0v) is 14.2. The highest BCUT2D eigenvalue weighted by atomic mass is 35.5. The molecule has 124 valence electrons. The maximum Gasteiger partial charge on any atom is 0.276 e. The monoisotopic (exact) mass is 349 g/mol. The Morgan fingerprint density at radius 1 is 1.00 bits per heavy atom. The Morgan fingerprint density at radius 3 is 2.52 bits per heavy atom. The quantitative estimate of drug-likeness (QED) is 0.746. The number of carbonyl (C=O) groups excluding carboxylic acids is 1. The minimum absolute atomic E-state index is 0.0667. The van der Waals surface area contributed by atoms with E-state index in [0.717, 1.165) is 23.5 Å².